The molecule has 7 nitrogen and oxygen atoms in total. The van der Waals surface area contributed by atoms with E-state index in [-0.39, 0.29) is 6.61 Å². The maximum atomic E-state index is 12.2. The Bertz CT molecular complexity index is 750. The Labute approximate surface area is 125 Å². The molecule has 0 atom stereocenters. The lowest BCUT2D eigenvalue weighted by Crippen LogP contribution is -2.24. The zero-order valence-electron chi connectivity index (χ0n) is 11.7. The lowest BCUT2D eigenvalue weighted by atomic mass is 10.2. The molecule has 0 aliphatic heterocycles. The average Bonchev–Trinajstić information content (AvgIpc) is 2.53. The predicted molar refractivity (Wildman–Crippen MR) is 75.6 cm³/mol. The fourth-order valence-corrected chi connectivity index (χ4v) is 1.71. The molecular formula is C15H13NO6. The first kappa shape index (κ1) is 15.3. The molecule has 0 aliphatic carbocycles. The monoisotopic (exact) mass is 303 g/mol. The highest BCUT2D eigenvalue weighted by Crippen LogP contribution is 2.17. The van der Waals surface area contributed by atoms with Crippen LogP contribution in [0.25, 0.3) is 0 Å². The van der Waals surface area contributed by atoms with Gasteiger partial charge in [0.25, 0.3) is 11.7 Å². The number of benzene rings is 1. The van der Waals surface area contributed by atoms with E-state index < -0.39 is 34.4 Å². The third kappa shape index (κ3) is 3.14. The summed E-state index contributed by atoms with van der Waals surface area (Å²) in [5.41, 5.74) is 4.61. The quantitative estimate of drug-likeness (QED) is 0.828. The summed E-state index contributed by atoms with van der Waals surface area (Å²) >= 11 is 0. The van der Waals surface area contributed by atoms with E-state index in [0.29, 0.717) is 0 Å². The minimum atomic E-state index is -0.977. The molecule has 2 rings (SSSR count). The third-order valence-electron chi connectivity index (χ3n) is 2.81. The van der Waals surface area contributed by atoms with Crippen molar-refractivity contribution in [3.05, 3.63) is 63.7 Å². The largest absolute Gasteiger partial charge is 0.481 e. The van der Waals surface area contributed by atoms with Crippen LogP contribution in [-0.2, 0) is 11.3 Å². The molecule has 0 saturated carbocycles. The zero-order valence-corrected chi connectivity index (χ0v) is 11.7. The van der Waals surface area contributed by atoms with Crippen molar-refractivity contribution in [3.63, 3.8) is 0 Å². The summed E-state index contributed by atoms with van der Waals surface area (Å²) < 4.78 is 14.8. The van der Waals surface area contributed by atoms with Gasteiger partial charge in [0.15, 0.2) is 0 Å². The van der Waals surface area contributed by atoms with Crippen molar-refractivity contribution in [1.82, 2.24) is 0 Å². The van der Waals surface area contributed by atoms with Crippen molar-refractivity contribution in [2.24, 2.45) is 5.73 Å². The van der Waals surface area contributed by atoms with E-state index >= 15 is 0 Å². The molecule has 0 spiro atoms. The molecule has 22 heavy (non-hydrogen) atoms. The minimum absolute atomic E-state index is 0.0117. The Balaban J connectivity index is 2.41. The van der Waals surface area contributed by atoms with Crippen LogP contribution in [0, 0.1) is 0 Å². The second-order valence-electron chi connectivity index (χ2n) is 4.27. The molecule has 0 saturated heterocycles. The Morgan fingerprint density at radius 2 is 1.91 bits per heavy atom. The highest BCUT2D eigenvalue weighted by Gasteiger charge is 2.24. The normalized spacial score (nSPS) is 10.0. The van der Waals surface area contributed by atoms with Crippen molar-refractivity contribution in [2.45, 2.75) is 6.61 Å². The number of ether oxygens (including phenoxy) is 2. The van der Waals surface area contributed by atoms with Crippen molar-refractivity contribution in [1.29, 1.82) is 0 Å². The Kier molecular flexibility index (Phi) is 4.57. The highest BCUT2D eigenvalue weighted by atomic mass is 16.5. The van der Waals surface area contributed by atoms with Crippen molar-refractivity contribution in [2.75, 3.05) is 7.11 Å². The van der Waals surface area contributed by atoms with Gasteiger partial charge in [-0.05, 0) is 5.56 Å². The molecule has 2 N–H and O–H groups in total. The van der Waals surface area contributed by atoms with E-state index in [1.54, 1.807) is 24.3 Å². The minimum Gasteiger partial charge on any atom is -0.481 e. The fourth-order valence-electron chi connectivity index (χ4n) is 1.71. The van der Waals surface area contributed by atoms with Gasteiger partial charge >= 0.3 is 5.97 Å². The number of primary amides is 1. The molecule has 0 bridgehead atoms. The van der Waals surface area contributed by atoms with E-state index in [4.69, 9.17) is 14.9 Å². The summed E-state index contributed by atoms with van der Waals surface area (Å²) in [6, 6.07) is 8.96. The molecule has 1 aromatic carbocycles. The molecule has 7 heteroatoms. The van der Waals surface area contributed by atoms with E-state index in [2.05, 4.69) is 4.74 Å². The molecule has 114 valence electrons. The van der Waals surface area contributed by atoms with Crippen molar-refractivity contribution < 1.29 is 23.5 Å². The zero-order chi connectivity index (χ0) is 16.1. The number of carbonyl (C=O) groups excluding carboxylic acids is 2. The summed E-state index contributed by atoms with van der Waals surface area (Å²) in [6.07, 6.45) is 0.812. The molecule has 1 aromatic heterocycles. The fraction of sp³-hybridized carbons (Fsp3) is 0.133. The first-order valence-electron chi connectivity index (χ1n) is 6.25. The highest BCUT2D eigenvalue weighted by molar-refractivity contribution is 5.94. The van der Waals surface area contributed by atoms with Crippen molar-refractivity contribution >= 4 is 11.9 Å². The number of nitrogens with two attached hydrogens (primary N) is 1. The Morgan fingerprint density at radius 1 is 1.23 bits per heavy atom. The lowest BCUT2D eigenvalue weighted by Gasteiger charge is -2.09. The lowest BCUT2D eigenvalue weighted by molar-refractivity contribution is 0.0551. The molecule has 0 radical (unpaired) electrons. The van der Waals surface area contributed by atoms with Gasteiger partial charge in [-0.15, -0.1) is 0 Å². The van der Waals surface area contributed by atoms with Gasteiger partial charge in [-0.3, -0.25) is 9.59 Å². The molecule has 0 fully saturated rings. The molecule has 1 heterocycles. The molecule has 0 unspecified atom stereocenters. The second-order valence-corrected chi connectivity index (χ2v) is 4.27. The first-order valence-corrected chi connectivity index (χ1v) is 6.25. The number of esters is 1. The summed E-state index contributed by atoms with van der Waals surface area (Å²) in [5, 5.41) is 0. The number of rotatable bonds is 5. The van der Waals surface area contributed by atoms with Gasteiger partial charge in [0.1, 0.15) is 18.4 Å². The summed E-state index contributed by atoms with van der Waals surface area (Å²) in [4.78, 5) is 35.0. The van der Waals surface area contributed by atoms with Crippen LogP contribution in [0.1, 0.15) is 26.5 Å². The standard InChI is InChI=1S/C15H13NO6/c1-20-15(19)13-12(11(17)10(8-22-13)14(16)18)21-7-9-5-3-2-4-6-9/h2-6,8H,7H2,1H3,(H2,16,18). The van der Waals surface area contributed by atoms with E-state index in [0.717, 1.165) is 18.9 Å². The summed E-state index contributed by atoms with van der Waals surface area (Å²) in [6.45, 7) is 0.0117. The van der Waals surface area contributed by atoms with Gasteiger partial charge in [0, 0.05) is 0 Å². The number of amides is 1. The van der Waals surface area contributed by atoms with Gasteiger partial charge in [-0.2, -0.15) is 0 Å². The van der Waals surface area contributed by atoms with Crippen LogP contribution < -0.4 is 15.9 Å². The first-order chi connectivity index (χ1) is 10.5. The molecule has 2 aromatic rings. The SMILES string of the molecule is COC(=O)c1occ(C(N)=O)c(=O)c1OCc1ccccc1. The number of methoxy groups -OCH3 is 1. The predicted octanol–water partition coefficient (Wildman–Crippen LogP) is 1.10. The summed E-state index contributed by atoms with van der Waals surface area (Å²) in [7, 11) is 1.13. The summed E-state index contributed by atoms with van der Waals surface area (Å²) in [5.74, 6) is -2.70. The van der Waals surface area contributed by atoms with Crippen LogP contribution >= 0.6 is 0 Å². The molecule has 0 aliphatic rings. The number of hydrogen-bond donors (Lipinski definition) is 1. The number of hydrogen-bond acceptors (Lipinski definition) is 6. The van der Waals surface area contributed by atoms with Crippen LogP contribution in [0.2, 0.25) is 0 Å². The van der Waals surface area contributed by atoms with Crippen LogP contribution in [0.3, 0.4) is 0 Å². The van der Waals surface area contributed by atoms with E-state index in [1.807, 2.05) is 6.07 Å². The molecular weight excluding hydrogens is 290 g/mol. The maximum absolute atomic E-state index is 12.2. The van der Waals surface area contributed by atoms with Gasteiger partial charge in [0.05, 0.1) is 7.11 Å². The smallest absolute Gasteiger partial charge is 0.378 e. The van der Waals surface area contributed by atoms with Crippen molar-refractivity contribution in [3.8, 4) is 5.75 Å². The maximum Gasteiger partial charge on any atom is 0.378 e. The number of carbonyl (C=O) groups is 2. The van der Waals surface area contributed by atoms with E-state index in [1.165, 1.54) is 0 Å². The van der Waals surface area contributed by atoms with Gasteiger partial charge in [-0.1, -0.05) is 30.3 Å². The third-order valence-corrected chi connectivity index (χ3v) is 2.81. The topological polar surface area (TPSA) is 109 Å². The average molecular weight is 303 g/mol. The van der Waals surface area contributed by atoms with Crippen LogP contribution in [0.5, 0.6) is 5.75 Å². The van der Waals surface area contributed by atoms with Gasteiger partial charge < -0.3 is 19.6 Å². The van der Waals surface area contributed by atoms with Crippen LogP contribution in [0.15, 0.2) is 45.8 Å². The molecule has 1 amide bonds. The Morgan fingerprint density at radius 3 is 2.50 bits per heavy atom. The van der Waals surface area contributed by atoms with Gasteiger partial charge in [0.2, 0.25) is 11.2 Å². The Hall–Kier alpha value is -3.09. The van der Waals surface area contributed by atoms with E-state index in [9.17, 15) is 14.4 Å². The van der Waals surface area contributed by atoms with Crippen LogP contribution in [0.4, 0.5) is 0 Å². The second kappa shape index (κ2) is 6.57. The van der Waals surface area contributed by atoms with Gasteiger partial charge in [-0.25, -0.2) is 4.79 Å². The van der Waals surface area contributed by atoms with Crippen LogP contribution in [-0.4, -0.2) is 19.0 Å².